The maximum absolute atomic E-state index is 12.4. The molecule has 2 aromatic carbocycles. The molecule has 0 fully saturated rings. The Balaban J connectivity index is 1.61. The van der Waals surface area contributed by atoms with Gasteiger partial charge in [-0.15, -0.1) is 0 Å². The van der Waals surface area contributed by atoms with Crippen molar-refractivity contribution >= 4 is 17.5 Å². The molecule has 0 atom stereocenters. The molecule has 3 rings (SSSR count). The van der Waals surface area contributed by atoms with E-state index < -0.39 is 5.91 Å². The largest absolute Gasteiger partial charge is 0.352 e. The van der Waals surface area contributed by atoms with Gasteiger partial charge in [-0.1, -0.05) is 36.4 Å². The van der Waals surface area contributed by atoms with Gasteiger partial charge < -0.3 is 10.6 Å². The molecule has 0 radical (unpaired) electrons. The minimum Gasteiger partial charge on any atom is -0.352 e. The smallest absolute Gasteiger partial charge is 0.274 e. The van der Waals surface area contributed by atoms with E-state index in [0.717, 1.165) is 12.0 Å². The Hall–Kier alpha value is -3.98. The molecular weight excluding hydrogens is 352 g/mol. The number of hydrogen-bond donors (Lipinski definition) is 2. The van der Waals surface area contributed by atoms with Crippen molar-refractivity contribution < 1.29 is 9.59 Å². The van der Waals surface area contributed by atoms with Crippen molar-refractivity contribution in [3.05, 3.63) is 95.3 Å². The SMILES string of the molecule is N#Cc1cccc(NC(=O)c2cc(C(=O)NCCc3ccccc3)ccn2)c1. The number of nitriles is 1. The highest BCUT2D eigenvalue weighted by atomic mass is 16.2. The van der Waals surface area contributed by atoms with E-state index in [-0.39, 0.29) is 11.6 Å². The molecule has 0 unspecified atom stereocenters. The Morgan fingerprint density at radius 1 is 0.964 bits per heavy atom. The zero-order valence-electron chi connectivity index (χ0n) is 15.1. The maximum atomic E-state index is 12.4. The van der Waals surface area contributed by atoms with Crippen molar-refractivity contribution in [2.75, 3.05) is 11.9 Å². The van der Waals surface area contributed by atoms with Gasteiger partial charge in [-0.25, -0.2) is 0 Å². The van der Waals surface area contributed by atoms with E-state index in [4.69, 9.17) is 5.26 Å². The Labute approximate surface area is 162 Å². The lowest BCUT2D eigenvalue weighted by Gasteiger charge is -2.08. The number of anilines is 1. The maximum Gasteiger partial charge on any atom is 0.274 e. The molecule has 2 N–H and O–H groups in total. The molecule has 0 spiro atoms. The number of carbonyl (C=O) groups is 2. The Morgan fingerprint density at radius 2 is 1.79 bits per heavy atom. The van der Waals surface area contributed by atoms with E-state index in [1.165, 1.54) is 12.3 Å². The number of aromatic nitrogens is 1. The fourth-order valence-corrected chi connectivity index (χ4v) is 2.62. The van der Waals surface area contributed by atoms with Crippen LogP contribution in [-0.2, 0) is 6.42 Å². The third kappa shape index (κ3) is 5.02. The Morgan fingerprint density at radius 3 is 2.57 bits per heavy atom. The Bertz CT molecular complexity index is 1030. The summed E-state index contributed by atoms with van der Waals surface area (Å²) < 4.78 is 0. The van der Waals surface area contributed by atoms with E-state index >= 15 is 0 Å². The van der Waals surface area contributed by atoms with Gasteiger partial charge in [-0.3, -0.25) is 14.6 Å². The number of benzene rings is 2. The molecule has 0 bridgehead atoms. The van der Waals surface area contributed by atoms with Gasteiger partial charge in [0.2, 0.25) is 0 Å². The van der Waals surface area contributed by atoms with Gasteiger partial charge in [-0.05, 0) is 42.3 Å². The molecule has 28 heavy (non-hydrogen) atoms. The lowest BCUT2D eigenvalue weighted by atomic mass is 10.1. The monoisotopic (exact) mass is 370 g/mol. The van der Waals surface area contributed by atoms with E-state index in [1.54, 1.807) is 30.3 Å². The molecule has 3 aromatic rings. The lowest BCUT2D eigenvalue weighted by molar-refractivity contribution is 0.0954. The normalized spacial score (nSPS) is 9.96. The van der Waals surface area contributed by atoms with Crippen molar-refractivity contribution in [3.63, 3.8) is 0 Å². The quantitative estimate of drug-likeness (QED) is 0.697. The van der Waals surface area contributed by atoms with Crippen molar-refractivity contribution in [2.45, 2.75) is 6.42 Å². The minimum atomic E-state index is -0.450. The molecule has 6 heteroatoms. The van der Waals surface area contributed by atoms with Crippen molar-refractivity contribution in [2.24, 2.45) is 0 Å². The first-order valence-electron chi connectivity index (χ1n) is 8.75. The van der Waals surface area contributed by atoms with Crippen molar-refractivity contribution in [1.29, 1.82) is 5.26 Å². The van der Waals surface area contributed by atoms with Crippen LogP contribution in [0.3, 0.4) is 0 Å². The van der Waals surface area contributed by atoms with Gasteiger partial charge in [-0.2, -0.15) is 5.26 Å². The summed E-state index contributed by atoms with van der Waals surface area (Å²) in [7, 11) is 0. The highest BCUT2D eigenvalue weighted by Gasteiger charge is 2.12. The van der Waals surface area contributed by atoms with Gasteiger partial charge in [0, 0.05) is 24.0 Å². The number of rotatable bonds is 6. The number of hydrogen-bond acceptors (Lipinski definition) is 4. The third-order valence-corrected chi connectivity index (χ3v) is 4.05. The van der Waals surface area contributed by atoms with Gasteiger partial charge >= 0.3 is 0 Å². The number of nitrogens with zero attached hydrogens (tertiary/aromatic N) is 2. The second kappa shape index (κ2) is 9.10. The standard InChI is InChI=1S/C22H18N4O2/c23-15-17-7-4-8-19(13-17)26-22(28)20-14-18(10-12-24-20)21(27)25-11-9-16-5-2-1-3-6-16/h1-8,10,12-14H,9,11H2,(H,25,27)(H,26,28). The van der Waals surface area contributed by atoms with Gasteiger partial charge in [0.05, 0.1) is 11.6 Å². The third-order valence-electron chi connectivity index (χ3n) is 4.05. The van der Waals surface area contributed by atoms with Crippen LogP contribution in [0, 0.1) is 11.3 Å². The van der Waals surface area contributed by atoms with Crippen LogP contribution < -0.4 is 10.6 Å². The Kier molecular flexibility index (Phi) is 6.11. The van der Waals surface area contributed by atoms with Gasteiger partial charge in [0.25, 0.3) is 11.8 Å². The number of amides is 2. The predicted octanol–water partition coefficient (Wildman–Crippen LogP) is 3.18. The van der Waals surface area contributed by atoms with E-state index in [1.807, 2.05) is 36.4 Å². The summed E-state index contributed by atoms with van der Waals surface area (Å²) in [5.41, 5.74) is 2.55. The predicted molar refractivity (Wildman–Crippen MR) is 106 cm³/mol. The van der Waals surface area contributed by atoms with Crippen LogP contribution in [0.2, 0.25) is 0 Å². The van der Waals surface area contributed by atoms with Crippen LogP contribution in [0.4, 0.5) is 5.69 Å². The minimum absolute atomic E-state index is 0.123. The second-order valence-electron chi connectivity index (χ2n) is 6.07. The zero-order valence-corrected chi connectivity index (χ0v) is 15.1. The highest BCUT2D eigenvalue weighted by molar-refractivity contribution is 6.04. The first-order valence-corrected chi connectivity index (χ1v) is 8.75. The first kappa shape index (κ1) is 18.8. The van der Waals surface area contributed by atoms with E-state index in [9.17, 15) is 9.59 Å². The molecule has 0 aliphatic rings. The first-order chi connectivity index (χ1) is 13.7. The lowest BCUT2D eigenvalue weighted by Crippen LogP contribution is -2.26. The molecule has 0 aliphatic heterocycles. The average Bonchev–Trinajstić information content (AvgIpc) is 2.74. The number of nitrogens with one attached hydrogen (secondary N) is 2. The fraction of sp³-hybridized carbons (Fsp3) is 0.0909. The van der Waals surface area contributed by atoms with Crippen LogP contribution in [0.25, 0.3) is 0 Å². The molecule has 6 nitrogen and oxygen atoms in total. The topological polar surface area (TPSA) is 94.9 Å². The fourth-order valence-electron chi connectivity index (χ4n) is 2.62. The summed E-state index contributed by atoms with van der Waals surface area (Å²) in [5.74, 6) is -0.715. The summed E-state index contributed by atoms with van der Waals surface area (Å²) in [6, 6.07) is 21.5. The molecule has 0 aliphatic carbocycles. The summed E-state index contributed by atoms with van der Waals surface area (Å²) in [5, 5.41) is 14.5. The summed E-state index contributed by atoms with van der Waals surface area (Å²) in [6.07, 6.45) is 2.15. The van der Waals surface area contributed by atoms with Gasteiger partial charge in [0.15, 0.2) is 0 Å². The molecule has 1 heterocycles. The second-order valence-corrected chi connectivity index (χ2v) is 6.07. The summed E-state index contributed by atoms with van der Waals surface area (Å²) in [4.78, 5) is 28.8. The summed E-state index contributed by atoms with van der Waals surface area (Å²) >= 11 is 0. The zero-order chi connectivity index (χ0) is 19.8. The number of pyridine rings is 1. The average molecular weight is 370 g/mol. The van der Waals surface area contributed by atoms with Crippen LogP contribution >= 0.6 is 0 Å². The van der Waals surface area contributed by atoms with Crippen LogP contribution in [0.1, 0.15) is 32.0 Å². The van der Waals surface area contributed by atoms with Crippen molar-refractivity contribution in [1.82, 2.24) is 10.3 Å². The number of carbonyl (C=O) groups excluding carboxylic acids is 2. The van der Waals surface area contributed by atoms with Crippen LogP contribution in [0.5, 0.6) is 0 Å². The van der Waals surface area contributed by atoms with Gasteiger partial charge in [0.1, 0.15) is 5.69 Å². The molecule has 0 saturated carbocycles. The molecular formula is C22H18N4O2. The van der Waals surface area contributed by atoms with E-state index in [2.05, 4.69) is 15.6 Å². The summed E-state index contributed by atoms with van der Waals surface area (Å²) in [6.45, 7) is 0.494. The molecule has 2 amide bonds. The molecule has 1 aromatic heterocycles. The van der Waals surface area contributed by atoms with E-state index in [0.29, 0.717) is 23.4 Å². The molecule has 138 valence electrons. The molecule has 0 saturated heterocycles. The highest BCUT2D eigenvalue weighted by Crippen LogP contribution is 2.12. The van der Waals surface area contributed by atoms with Crippen LogP contribution in [-0.4, -0.2) is 23.3 Å². The van der Waals surface area contributed by atoms with Crippen LogP contribution in [0.15, 0.2) is 72.9 Å². The van der Waals surface area contributed by atoms with Crippen molar-refractivity contribution in [3.8, 4) is 6.07 Å².